The molecule has 0 fully saturated rings. The highest BCUT2D eigenvalue weighted by molar-refractivity contribution is 7.15. The maximum atomic E-state index is 12.2. The lowest BCUT2D eigenvalue weighted by molar-refractivity contribution is -0.116. The lowest BCUT2D eigenvalue weighted by Gasteiger charge is -2.09. The maximum absolute atomic E-state index is 12.2. The van der Waals surface area contributed by atoms with Crippen molar-refractivity contribution in [2.45, 2.75) is 51.9 Å². The molecular weight excluding hydrogens is 350 g/mol. The van der Waals surface area contributed by atoms with Gasteiger partial charge in [-0.1, -0.05) is 37.2 Å². The molecule has 1 aliphatic rings. The van der Waals surface area contributed by atoms with Crippen molar-refractivity contribution in [3.63, 3.8) is 0 Å². The summed E-state index contributed by atoms with van der Waals surface area (Å²) in [6.45, 7) is 3.51. The van der Waals surface area contributed by atoms with E-state index in [1.165, 1.54) is 24.2 Å². The maximum Gasteiger partial charge on any atom is 0.226 e. The third kappa shape index (κ3) is 5.42. The first-order valence-corrected chi connectivity index (χ1v) is 10.1. The summed E-state index contributed by atoms with van der Waals surface area (Å²) in [5.41, 5.74) is 1.06. The van der Waals surface area contributed by atoms with Gasteiger partial charge in [0.05, 0.1) is 13.2 Å². The van der Waals surface area contributed by atoms with Gasteiger partial charge in [-0.25, -0.2) is 0 Å². The van der Waals surface area contributed by atoms with Crippen LogP contribution in [0, 0.1) is 0 Å². The number of nitrogens with zero attached hydrogens (tertiary/aromatic N) is 2. The van der Waals surface area contributed by atoms with Crippen molar-refractivity contribution in [1.82, 2.24) is 10.2 Å². The van der Waals surface area contributed by atoms with Crippen LogP contribution < -0.4 is 14.8 Å². The van der Waals surface area contributed by atoms with Crippen molar-refractivity contribution in [3.8, 4) is 11.5 Å². The van der Waals surface area contributed by atoms with Crippen molar-refractivity contribution in [2.75, 3.05) is 18.5 Å². The van der Waals surface area contributed by atoms with Gasteiger partial charge in [-0.2, -0.15) is 0 Å². The van der Waals surface area contributed by atoms with E-state index in [0.717, 1.165) is 41.3 Å². The number of hydrogen-bond donors (Lipinski definition) is 1. The van der Waals surface area contributed by atoms with Gasteiger partial charge in [0.1, 0.15) is 5.01 Å². The minimum atomic E-state index is -0.0478. The van der Waals surface area contributed by atoms with Gasteiger partial charge in [-0.05, 0) is 30.5 Å². The fraction of sp³-hybridized carbons (Fsp3) is 0.526. The summed E-state index contributed by atoms with van der Waals surface area (Å²) in [7, 11) is 0. The summed E-state index contributed by atoms with van der Waals surface area (Å²) in [6, 6.07) is 5.86. The van der Waals surface area contributed by atoms with Gasteiger partial charge in [0, 0.05) is 19.3 Å². The number of nitrogens with one attached hydrogen (secondary N) is 1. The molecule has 0 bridgehead atoms. The Hall–Kier alpha value is -2.15. The molecule has 1 aliphatic heterocycles. The molecule has 0 saturated carbocycles. The number of rotatable bonds is 8. The highest BCUT2D eigenvalue weighted by atomic mass is 32.1. The first kappa shape index (κ1) is 18.6. The summed E-state index contributed by atoms with van der Waals surface area (Å²) in [5, 5.41) is 12.6. The van der Waals surface area contributed by atoms with Crippen LogP contribution in [-0.2, 0) is 17.6 Å². The third-order valence-electron chi connectivity index (χ3n) is 4.16. The number of carbonyl (C=O) groups is 1. The highest BCUT2D eigenvalue weighted by Crippen LogP contribution is 2.30. The molecule has 140 valence electrons. The van der Waals surface area contributed by atoms with E-state index in [1.54, 1.807) is 0 Å². The molecular formula is C19H25N3O3S. The van der Waals surface area contributed by atoms with Crippen molar-refractivity contribution in [2.24, 2.45) is 0 Å². The first-order chi connectivity index (χ1) is 12.7. The minimum absolute atomic E-state index is 0.0478. The first-order valence-electron chi connectivity index (χ1n) is 9.25. The van der Waals surface area contributed by atoms with Crippen LogP contribution >= 0.6 is 11.3 Å². The second-order valence-corrected chi connectivity index (χ2v) is 7.40. The van der Waals surface area contributed by atoms with E-state index in [1.807, 2.05) is 18.2 Å². The predicted octanol–water partition coefficient (Wildman–Crippen LogP) is 4.00. The Kier molecular flexibility index (Phi) is 6.82. The SMILES string of the molecule is CCCCCc1nnc(NC(=O)CCc2ccc3c(c2)OCCCO3)s1. The molecule has 0 radical (unpaired) electrons. The third-order valence-corrected chi connectivity index (χ3v) is 5.06. The van der Waals surface area contributed by atoms with Gasteiger partial charge in [0.2, 0.25) is 11.0 Å². The number of fused-ring (bicyclic) bond motifs is 1. The van der Waals surface area contributed by atoms with Crippen molar-refractivity contribution in [3.05, 3.63) is 28.8 Å². The molecule has 0 unspecified atom stereocenters. The van der Waals surface area contributed by atoms with Gasteiger partial charge >= 0.3 is 0 Å². The number of carbonyl (C=O) groups excluding carboxylic acids is 1. The van der Waals surface area contributed by atoms with E-state index < -0.39 is 0 Å². The van der Waals surface area contributed by atoms with E-state index in [0.29, 0.717) is 31.2 Å². The lowest BCUT2D eigenvalue weighted by Crippen LogP contribution is -2.12. The fourth-order valence-corrected chi connectivity index (χ4v) is 3.53. The monoisotopic (exact) mass is 375 g/mol. The van der Waals surface area contributed by atoms with Gasteiger partial charge in [-0.15, -0.1) is 10.2 Å². The Balaban J connectivity index is 1.47. The molecule has 7 heteroatoms. The number of aromatic nitrogens is 2. The zero-order valence-corrected chi connectivity index (χ0v) is 15.9. The molecule has 1 amide bonds. The number of unbranched alkanes of at least 4 members (excludes halogenated alkanes) is 2. The normalized spacial score (nSPS) is 13.3. The zero-order valence-electron chi connectivity index (χ0n) is 15.1. The fourth-order valence-electron chi connectivity index (χ4n) is 2.73. The van der Waals surface area contributed by atoms with Crippen molar-refractivity contribution < 1.29 is 14.3 Å². The van der Waals surface area contributed by atoms with Crippen LogP contribution in [0.15, 0.2) is 18.2 Å². The molecule has 26 heavy (non-hydrogen) atoms. The van der Waals surface area contributed by atoms with Crippen LogP contribution in [0.1, 0.15) is 49.6 Å². The number of ether oxygens (including phenoxy) is 2. The van der Waals surface area contributed by atoms with Crippen molar-refractivity contribution >= 4 is 22.4 Å². The topological polar surface area (TPSA) is 73.3 Å². The quantitative estimate of drug-likeness (QED) is 0.706. The molecule has 0 saturated heterocycles. The Bertz CT molecular complexity index is 733. The molecule has 1 aromatic heterocycles. The van der Waals surface area contributed by atoms with Crippen LogP contribution in [0.5, 0.6) is 11.5 Å². The molecule has 2 heterocycles. The Morgan fingerprint density at radius 3 is 2.85 bits per heavy atom. The predicted molar refractivity (Wildman–Crippen MR) is 102 cm³/mol. The van der Waals surface area contributed by atoms with Crippen LogP contribution in [0.2, 0.25) is 0 Å². The van der Waals surface area contributed by atoms with E-state index in [2.05, 4.69) is 22.4 Å². The molecule has 3 rings (SSSR count). The summed E-state index contributed by atoms with van der Waals surface area (Å²) >= 11 is 1.46. The Labute approximate surface area is 157 Å². The van der Waals surface area contributed by atoms with E-state index in [4.69, 9.17) is 9.47 Å². The molecule has 0 spiro atoms. The highest BCUT2D eigenvalue weighted by Gasteiger charge is 2.12. The molecule has 1 aromatic carbocycles. The molecule has 0 atom stereocenters. The molecule has 6 nitrogen and oxygen atoms in total. The van der Waals surface area contributed by atoms with Gasteiger partial charge in [0.25, 0.3) is 0 Å². The number of hydrogen-bond acceptors (Lipinski definition) is 6. The van der Waals surface area contributed by atoms with Crippen LogP contribution in [-0.4, -0.2) is 29.3 Å². The summed E-state index contributed by atoms with van der Waals surface area (Å²) in [4.78, 5) is 12.2. The van der Waals surface area contributed by atoms with Gasteiger partial charge in [-0.3, -0.25) is 4.79 Å². The molecule has 2 aromatic rings. The molecule has 0 aliphatic carbocycles. The van der Waals surface area contributed by atoms with E-state index in [9.17, 15) is 4.79 Å². The Morgan fingerprint density at radius 2 is 2.00 bits per heavy atom. The van der Waals surface area contributed by atoms with Crippen LogP contribution in [0.3, 0.4) is 0 Å². The van der Waals surface area contributed by atoms with Gasteiger partial charge < -0.3 is 14.8 Å². The van der Waals surface area contributed by atoms with Crippen LogP contribution in [0.25, 0.3) is 0 Å². The number of aryl methyl sites for hydroxylation is 2. The summed E-state index contributed by atoms with van der Waals surface area (Å²) < 4.78 is 11.3. The summed E-state index contributed by atoms with van der Waals surface area (Å²) in [5.74, 6) is 1.50. The largest absolute Gasteiger partial charge is 0.490 e. The lowest BCUT2D eigenvalue weighted by atomic mass is 10.1. The minimum Gasteiger partial charge on any atom is -0.490 e. The number of anilines is 1. The second kappa shape index (κ2) is 9.52. The zero-order chi connectivity index (χ0) is 18.2. The van der Waals surface area contributed by atoms with Crippen LogP contribution in [0.4, 0.5) is 5.13 Å². The number of amides is 1. The van der Waals surface area contributed by atoms with E-state index in [-0.39, 0.29) is 5.91 Å². The Morgan fingerprint density at radius 1 is 1.15 bits per heavy atom. The average molecular weight is 375 g/mol. The smallest absolute Gasteiger partial charge is 0.226 e. The second-order valence-electron chi connectivity index (χ2n) is 6.34. The number of benzene rings is 1. The van der Waals surface area contributed by atoms with Gasteiger partial charge in [0.15, 0.2) is 11.5 Å². The summed E-state index contributed by atoms with van der Waals surface area (Å²) in [6.07, 6.45) is 6.34. The average Bonchev–Trinajstić information content (AvgIpc) is 2.95. The molecule has 1 N–H and O–H groups in total. The van der Waals surface area contributed by atoms with E-state index >= 15 is 0 Å². The van der Waals surface area contributed by atoms with Crippen molar-refractivity contribution in [1.29, 1.82) is 0 Å². The standard InChI is InChI=1S/C19H25N3O3S/c1-2-3-4-6-18-21-22-19(26-18)20-17(23)10-8-14-7-9-15-16(13-14)25-12-5-11-24-15/h7,9,13H,2-6,8,10-12H2,1H3,(H,20,22,23).